The van der Waals surface area contributed by atoms with E-state index in [0.29, 0.717) is 10.9 Å². The van der Waals surface area contributed by atoms with Crippen LogP contribution in [0.25, 0.3) is 10.8 Å². The van der Waals surface area contributed by atoms with Crippen molar-refractivity contribution in [1.82, 2.24) is 0 Å². The van der Waals surface area contributed by atoms with E-state index < -0.39 is 13.8 Å². The topological polar surface area (TPSA) is 70.3 Å². The molecule has 0 aliphatic carbocycles. The zero-order valence-corrected chi connectivity index (χ0v) is 12.2. The summed E-state index contributed by atoms with van der Waals surface area (Å²) in [4.78, 5) is 9.05. The molecule has 0 saturated carbocycles. The van der Waals surface area contributed by atoms with E-state index in [2.05, 4.69) is 20.5 Å². The molecule has 0 aromatic heterocycles. The third-order valence-corrected chi connectivity index (χ3v) is 4.07. The Labute approximate surface area is 121 Å². The molecule has 1 unspecified atom stereocenters. The van der Waals surface area contributed by atoms with E-state index in [1.54, 1.807) is 18.2 Å². The van der Waals surface area contributed by atoms with E-state index in [9.17, 15) is 13.3 Å². The van der Waals surface area contributed by atoms with Crippen LogP contribution >= 0.6 is 23.5 Å². The van der Waals surface area contributed by atoms with Crippen LogP contribution in [0.1, 0.15) is 5.56 Å². The summed E-state index contributed by atoms with van der Waals surface area (Å²) < 4.78 is 40.7. The Hall–Kier alpha value is -1.48. The van der Waals surface area contributed by atoms with Gasteiger partial charge in [-0.05, 0) is 51.0 Å². The summed E-state index contributed by atoms with van der Waals surface area (Å²) in [5.41, 5.74) is 0.381. The highest BCUT2D eigenvalue weighted by Crippen LogP contribution is 2.50. The van der Waals surface area contributed by atoms with Crippen LogP contribution in [-0.4, -0.2) is 11.1 Å². The molecular weight excluding hydrogens is 355 g/mol. The van der Waals surface area contributed by atoms with E-state index in [4.69, 9.17) is 10.2 Å². The van der Waals surface area contributed by atoms with Gasteiger partial charge in [-0.2, -0.15) is 14.0 Å². The van der Waals surface area contributed by atoms with Crippen LogP contribution in [0.5, 0.6) is 5.75 Å². The molecule has 2 aromatic carbocycles. The summed E-state index contributed by atoms with van der Waals surface area (Å²) in [6, 6.07) is 9.63. The van der Waals surface area contributed by atoms with Gasteiger partial charge in [0, 0.05) is 0 Å². The molecule has 0 spiro atoms. The van der Waals surface area contributed by atoms with Gasteiger partial charge in [0.2, 0.25) is 0 Å². The SMILES string of the molecule is N#Cc1ccc2cc(Br)c(OP(=O)(O)C(F)F)cc2c1. The smallest absolute Gasteiger partial charge is 0.420 e. The average molecular weight is 362 g/mol. The molecule has 1 N–H and O–H groups in total. The molecule has 2 aromatic rings. The summed E-state index contributed by atoms with van der Waals surface area (Å²) in [6.07, 6.45) is -3.49. The molecular formula is C12H7BrF2NO3P. The molecule has 4 nitrogen and oxygen atoms in total. The third-order valence-electron chi connectivity index (χ3n) is 2.50. The third kappa shape index (κ3) is 2.98. The maximum absolute atomic E-state index is 12.4. The van der Waals surface area contributed by atoms with Crippen LogP contribution in [0.3, 0.4) is 0 Å². The quantitative estimate of drug-likeness (QED) is 0.829. The van der Waals surface area contributed by atoms with Crippen LogP contribution in [0.2, 0.25) is 0 Å². The van der Waals surface area contributed by atoms with Crippen molar-refractivity contribution in [2.45, 2.75) is 6.17 Å². The molecule has 0 amide bonds. The van der Waals surface area contributed by atoms with Gasteiger partial charge in [0.25, 0.3) is 0 Å². The first kappa shape index (κ1) is 14.9. The summed E-state index contributed by atoms with van der Waals surface area (Å²) in [5.74, 6) is -0.182. The average Bonchev–Trinajstić information content (AvgIpc) is 2.38. The number of halogens is 3. The number of benzene rings is 2. The van der Waals surface area contributed by atoms with Crippen LogP contribution < -0.4 is 4.52 Å². The number of rotatable bonds is 3. The van der Waals surface area contributed by atoms with E-state index >= 15 is 0 Å². The van der Waals surface area contributed by atoms with Gasteiger partial charge in [-0.1, -0.05) is 6.07 Å². The Morgan fingerprint density at radius 1 is 1.30 bits per heavy atom. The molecule has 2 rings (SSSR count). The minimum atomic E-state index is -5.04. The zero-order valence-electron chi connectivity index (χ0n) is 9.76. The number of nitriles is 1. The number of nitrogens with zero attached hydrogens (tertiary/aromatic N) is 1. The minimum absolute atomic E-state index is 0.182. The van der Waals surface area contributed by atoms with Crippen molar-refractivity contribution in [3.63, 3.8) is 0 Å². The van der Waals surface area contributed by atoms with Gasteiger partial charge in [-0.25, -0.2) is 4.57 Å². The van der Waals surface area contributed by atoms with Gasteiger partial charge >= 0.3 is 13.8 Å². The summed E-state index contributed by atoms with van der Waals surface area (Å²) in [7, 11) is -5.04. The van der Waals surface area contributed by atoms with Crippen molar-refractivity contribution >= 4 is 34.3 Å². The van der Waals surface area contributed by atoms with Crippen molar-refractivity contribution in [3.05, 3.63) is 40.4 Å². The first-order chi connectivity index (χ1) is 9.33. The number of hydrogen-bond donors (Lipinski definition) is 1. The highest BCUT2D eigenvalue weighted by atomic mass is 79.9. The van der Waals surface area contributed by atoms with Crippen molar-refractivity contribution in [3.8, 4) is 11.8 Å². The fourth-order valence-corrected chi connectivity index (χ4v) is 2.65. The molecule has 20 heavy (non-hydrogen) atoms. The van der Waals surface area contributed by atoms with Crippen molar-refractivity contribution in [2.24, 2.45) is 0 Å². The van der Waals surface area contributed by atoms with E-state index in [-0.39, 0.29) is 10.2 Å². The first-order valence-electron chi connectivity index (χ1n) is 5.27. The number of alkyl halides is 2. The Bertz CT molecular complexity index is 760. The highest BCUT2D eigenvalue weighted by molar-refractivity contribution is 9.10. The van der Waals surface area contributed by atoms with Gasteiger partial charge < -0.3 is 9.42 Å². The minimum Gasteiger partial charge on any atom is -0.420 e. The second kappa shape index (κ2) is 5.49. The second-order valence-corrected chi connectivity index (χ2v) is 6.44. The Balaban J connectivity index is 2.52. The van der Waals surface area contributed by atoms with Crippen LogP contribution in [0.15, 0.2) is 34.8 Å². The lowest BCUT2D eigenvalue weighted by Gasteiger charge is -2.14. The molecule has 8 heteroatoms. The molecule has 0 bridgehead atoms. The fourth-order valence-electron chi connectivity index (χ4n) is 1.57. The number of hydrogen-bond acceptors (Lipinski definition) is 3. The second-order valence-electron chi connectivity index (χ2n) is 3.89. The van der Waals surface area contributed by atoms with E-state index in [1.165, 1.54) is 12.1 Å². The molecule has 0 radical (unpaired) electrons. The van der Waals surface area contributed by atoms with E-state index in [0.717, 1.165) is 5.39 Å². The molecule has 1 atom stereocenters. The lowest BCUT2D eigenvalue weighted by Crippen LogP contribution is -2.01. The van der Waals surface area contributed by atoms with Gasteiger partial charge in [0.1, 0.15) is 5.75 Å². The Morgan fingerprint density at radius 3 is 2.60 bits per heavy atom. The molecule has 0 saturated heterocycles. The monoisotopic (exact) mass is 361 g/mol. The summed E-state index contributed by atoms with van der Waals surface area (Å²) in [6.45, 7) is 0. The lowest BCUT2D eigenvalue weighted by molar-refractivity contribution is 0.188. The predicted octanol–water partition coefficient (Wildman–Crippen LogP) is 4.26. The molecule has 0 heterocycles. The van der Waals surface area contributed by atoms with E-state index in [1.807, 2.05) is 6.07 Å². The van der Waals surface area contributed by atoms with Gasteiger partial charge in [-0.15, -0.1) is 0 Å². The predicted molar refractivity (Wildman–Crippen MR) is 72.8 cm³/mol. The fraction of sp³-hybridized carbons (Fsp3) is 0.0833. The van der Waals surface area contributed by atoms with Crippen molar-refractivity contribution < 1.29 is 22.8 Å². The van der Waals surface area contributed by atoms with Crippen LogP contribution in [-0.2, 0) is 4.57 Å². The Morgan fingerprint density at radius 2 is 2.00 bits per heavy atom. The maximum Gasteiger partial charge on any atom is 0.442 e. The van der Waals surface area contributed by atoms with Gasteiger partial charge in [0.05, 0.1) is 16.1 Å². The Kier molecular flexibility index (Phi) is 4.09. The van der Waals surface area contributed by atoms with Crippen LogP contribution in [0.4, 0.5) is 8.78 Å². The van der Waals surface area contributed by atoms with Gasteiger partial charge in [0.15, 0.2) is 0 Å². The first-order valence-corrected chi connectivity index (χ1v) is 7.71. The summed E-state index contributed by atoms with van der Waals surface area (Å²) >= 11 is 3.09. The van der Waals surface area contributed by atoms with Crippen LogP contribution in [0, 0.1) is 11.3 Å². The molecule has 104 valence electrons. The molecule has 0 fully saturated rings. The normalized spacial score (nSPS) is 14.0. The largest absolute Gasteiger partial charge is 0.442 e. The number of fused-ring (bicyclic) bond motifs is 1. The highest BCUT2D eigenvalue weighted by Gasteiger charge is 2.34. The standard InChI is InChI=1S/C12H7BrF2NO3P/c13-10-4-8-2-1-7(6-16)3-9(8)5-11(10)19-20(17,18)12(14)15/h1-5,12H,(H,17,18). The van der Waals surface area contributed by atoms with Crippen molar-refractivity contribution in [2.75, 3.05) is 0 Å². The molecule has 0 aliphatic rings. The summed E-state index contributed by atoms with van der Waals surface area (Å²) in [5, 5.41) is 10.1. The van der Waals surface area contributed by atoms with Gasteiger partial charge in [-0.3, -0.25) is 0 Å². The molecule has 0 aliphatic heterocycles. The lowest BCUT2D eigenvalue weighted by atomic mass is 10.1. The maximum atomic E-state index is 12.4. The van der Waals surface area contributed by atoms with Crippen molar-refractivity contribution in [1.29, 1.82) is 5.26 Å². The zero-order chi connectivity index (χ0) is 14.9.